The molecule has 144 valence electrons. The molecule has 0 bridgehead atoms. The Morgan fingerprint density at radius 1 is 0.862 bits per heavy atom. The molecule has 4 aromatic rings. The first kappa shape index (κ1) is 18.6. The molecule has 0 fully saturated rings. The van der Waals surface area contributed by atoms with Crippen LogP contribution in [0.4, 0.5) is 0 Å². The number of hydrogen-bond acceptors (Lipinski definition) is 3. The van der Waals surface area contributed by atoms with Gasteiger partial charge in [0.25, 0.3) is 0 Å². The molecule has 0 atom stereocenters. The summed E-state index contributed by atoms with van der Waals surface area (Å²) in [4.78, 5) is 11.0. The zero-order valence-electron chi connectivity index (χ0n) is 16.1. The lowest BCUT2D eigenvalue weighted by molar-refractivity contribution is 0.0697. The molecule has 1 heterocycles. The van der Waals surface area contributed by atoms with Gasteiger partial charge in [-0.05, 0) is 43.2 Å². The minimum atomic E-state index is -0.914. The number of benzene rings is 3. The van der Waals surface area contributed by atoms with Gasteiger partial charge in [0.2, 0.25) is 0 Å². The van der Waals surface area contributed by atoms with Gasteiger partial charge in [0.15, 0.2) is 5.82 Å². The normalized spacial score (nSPS) is 10.8. The van der Waals surface area contributed by atoms with Crippen molar-refractivity contribution in [3.63, 3.8) is 0 Å². The molecular weight excluding hydrogens is 362 g/mol. The van der Waals surface area contributed by atoms with E-state index in [1.165, 1.54) is 5.56 Å². The second-order valence-electron chi connectivity index (χ2n) is 6.98. The van der Waals surface area contributed by atoms with E-state index in [4.69, 9.17) is 5.11 Å². The molecule has 0 spiro atoms. The summed E-state index contributed by atoms with van der Waals surface area (Å²) >= 11 is 0. The first-order valence-corrected chi connectivity index (χ1v) is 9.51. The zero-order valence-corrected chi connectivity index (χ0v) is 16.1. The molecule has 0 amide bonds. The summed E-state index contributed by atoms with van der Waals surface area (Å²) in [6.45, 7) is 2.07. The predicted molar refractivity (Wildman–Crippen MR) is 112 cm³/mol. The van der Waals surface area contributed by atoms with Crippen molar-refractivity contribution >= 4 is 5.97 Å². The summed E-state index contributed by atoms with van der Waals surface area (Å²) in [5.41, 5.74) is 4.59. The molecule has 0 saturated heterocycles. The number of aromatic carboxylic acids is 1. The second-order valence-corrected chi connectivity index (χ2v) is 6.98. The van der Waals surface area contributed by atoms with E-state index in [1.54, 1.807) is 12.1 Å². The van der Waals surface area contributed by atoms with Gasteiger partial charge in [0, 0.05) is 17.7 Å². The molecule has 0 aliphatic rings. The fourth-order valence-electron chi connectivity index (χ4n) is 3.29. The van der Waals surface area contributed by atoms with E-state index in [2.05, 4.69) is 46.0 Å². The third kappa shape index (κ3) is 4.09. The Bertz CT molecular complexity index is 1120. The van der Waals surface area contributed by atoms with Crippen LogP contribution in [-0.2, 0) is 12.8 Å². The monoisotopic (exact) mass is 383 g/mol. The van der Waals surface area contributed by atoms with Gasteiger partial charge < -0.3 is 5.11 Å². The molecule has 0 aliphatic heterocycles. The molecule has 0 unspecified atom stereocenters. The van der Waals surface area contributed by atoms with E-state index in [0.717, 1.165) is 34.9 Å². The second kappa shape index (κ2) is 8.10. The number of hydrogen-bond donors (Lipinski definition) is 1. The van der Waals surface area contributed by atoms with Crippen LogP contribution in [0.3, 0.4) is 0 Å². The first-order valence-electron chi connectivity index (χ1n) is 9.51. The third-order valence-corrected chi connectivity index (χ3v) is 4.89. The Kier molecular flexibility index (Phi) is 5.20. The van der Waals surface area contributed by atoms with Crippen LogP contribution >= 0.6 is 0 Å². The van der Waals surface area contributed by atoms with Gasteiger partial charge in [-0.1, -0.05) is 60.2 Å². The topological polar surface area (TPSA) is 68.0 Å². The van der Waals surface area contributed by atoms with Gasteiger partial charge in [0.1, 0.15) is 5.82 Å². The van der Waals surface area contributed by atoms with Gasteiger partial charge in [-0.3, -0.25) is 4.57 Å². The fraction of sp³-hybridized carbons (Fsp3) is 0.125. The van der Waals surface area contributed by atoms with Crippen LogP contribution in [0.15, 0.2) is 78.9 Å². The summed E-state index contributed by atoms with van der Waals surface area (Å²) in [7, 11) is 0. The van der Waals surface area contributed by atoms with Gasteiger partial charge in [-0.15, -0.1) is 10.2 Å². The maximum atomic E-state index is 11.0. The minimum Gasteiger partial charge on any atom is -0.478 e. The molecule has 3 aromatic carbocycles. The van der Waals surface area contributed by atoms with Crippen molar-refractivity contribution in [3.8, 4) is 17.1 Å². The molecule has 0 saturated carbocycles. The SMILES string of the molecule is Cc1ccc(-n2c(CCc3ccc(C(=O)O)cc3)nnc2-c2ccccc2)cc1. The number of nitrogens with zero attached hydrogens (tertiary/aromatic N) is 3. The third-order valence-electron chi connectivity index (χ3n) is 4.89. The minimum absolute atomic E-state index is 0.294. The molecule has 5 heteroatoms. The lowest BCUT2D eigenvalue weighted by Crippen LogP contribution is -2.05. The number of aromatic nitrogens is 3. The van der Waals surface area contributed by atoms with Crippen molar-refractivity contribution in [2.24, 2.45) is 0 Å². The van der Waals surface area contributed by atoms with E-state index in [9.17, 15) is 4.79 Å². The van der Waals surface area contributed by atoms with Crippen LogP contribution in [0.2, 0.25) is 0 Å². The average Bonchev–Trinajstić information content (AvgIpc) is 3.17. The summed E-state index contributed by atoms with van der Waals surface area (Å²) in [6.07, 6.45) is 1.44. The fourth-order valence-corrected chi connectivity index (χ4v) is 3.29. The van der Waals surface area contributed by atoms with Crippen LogP contribution in [0, 0.1) is 6.92 Å². The summed E-state index contributed by atoms with van der Waals surface area (Å²) < 4.78 is 2.10. The van der Waals surface area contributed by atoms with E-state index in [1.807, 2.05) is 42.5 Å². The quantitative estimate of drug-likeness (QED) is 0.523. The van der Waals surface area contributed by atoms with Crippen molar-refractivity contribution in [1.82, 2.24) is 14.8 Å². The molecule has 1 aromatic heterocycles. The number of aryl methyl sites for hydroxylation is 3. The highest BCUT2D eigenvalue weighted by Crippen LogP contribution is 2.24. The van der Waals surface area contributed by atoms with Crippen molar-refractivity contribution in [3.05, 3.63) is 101 Å². The Balaban J connectivity index is 1.67. The number of carboxylic acid groups (broad SMARTS) is 1. The van der Waals surface area contributed by atoms with Gasteiger partial charge in [0.05, 0.1) is 5.56 Å². The lowest BCUT2D eigenvalue weighted by atomic mass is 10.1. The van der Waals surface area contributed by atoms with Crippen molar-refractivity contribution < 1.29 is 9.90 Å². The summed E-state index contributed by atoms with van der Waals surface area (Å²) in [5, 5.41) is 18.0. The van der Waals surface area contributed by atoms with Gasteiger partial charge in [-0.2, -0.15) is 0 Å². The number of rotatable bonds is 6. The summed E-state index contributed by atoms with van der Waals surface area (Å²) in [5.74, 6) is 0.767. The van der Waals surface area contributed by atoms with E-state index < -0.39 is 5.97 Å². The molecular formula is C24H21N3O2. The van der Waals surface area contributed by atoms with E-state index in [-0.39, 0.29) is 0 Å². The number of carboxylic acids is 1. The zero-order chi connectivity index (χ0) is 20.2. The van der Waals surface area contributed by atoms with E-state index >= 15 is 0 Å². The maximum absolute atomic E-state index is 11.0. The summed E-state index contributed by atoms with van der Waals surface area (Å²) in [6, 6.07) is 25.3. The van der Waals surface area contributed by atoms with Gasteiger partial charge >= 0.3 is 5.97 Å². The Morgan fingerprint density at radius 2 is 1.55 bits per heavy atom. The molecule has 4 rings (SSSR count). The Labute approximate surface area is 169 Å². The Hall–Kier alpha value is -3.73. The molecule has 1 N–H and O–H groups in total. The average molecular weight is 383 g/mol. The molecule has 5 nitrogen and oxygen atoms in total. The van der Waals surface area contributed by atoms with Crippen LogP contribution in [0.5, 0.6) is 0 Å². The van der Waals surface area contributed by atoms with Crippen molar-refractivity contribution in [2.45, 2.75) is 19.8 Å². The molecule has 0 radical (unpaired) electrons. The highest BCUT2D eigenvalue weighted by Gasteiger charge is 2.15. The van der Waals surface area contributed by atoms with Crippen molar-refractivity contribution in [2.75, 3.05) is 0 Å². The smallest absolute Gasteiger partial charge is 0.335 e. The van der Waals surface area contributed by atoms with Crippen LogP contribution < -0.4 is 0 Å². The predicted octanol–water partition coefficient (Wildman–Crippen LogP) is 4.73. The van der Waals surface area contributed by atoms with Crippen LogP contribution in [-0.4, -0.2) is 25.8 Å². The largest absolute Gasteiger partial charge is 0.478 e. The van der Waals surface area contributed by atoms with E-state index in [0.29, 0.717) is 12.0 Å². The highest BCUT2D eigenvalue weighted by atomic mass is 16.4. The lowest BCUT2D eigenvalue weighted by Gasteiger charge is -2.11. The van der Waals surface area contributed by atoms with Crippen LogP contribution in [0.1, 0.15) is 27.3 Å². The maximum Gasteiger partial charge on any atom is 0.335 e. The number of carbonyl (C=O) groups is 1. The van der Waals surface area contributed by atoms with Crippen LogP contribution in [0.25, 0.3) is 17.1 Å². The van der Waals surface area contributed by atoms with Crippen molar-refractivity contribution in [1.29, 1.82) is 0 Å². The standard InChI is InChI=1S/C24H21N3O2/c1-17-7-14-21(15-8-17)27-22(25-26-23(27)19-5-3-2-4-6-19)16-11-18-9-12-20(13-10-18)24(28)29/h2-10,12-15H,11,16H2,1H3,(H,28,29). The molecule has 0 aliphatic carbocycles. The first-order chi connectivity index (χ1) is 14.1. The van der Waals surface area contributed by atoms with Gasteiger partial charge in [-0.25, -0.2) is 4.79 Å². The molecule has 29 heavy (non-hydrogen) atoms. The highest BCUT2D eigenvalue weighted by molar-refractivity contribution is 5.87. The Morgan fingerprint density at radius 3 is 2.21 bits per heavy atom.